The molecule has 104 valence electrons. The molecule has 19 heavy (non-hydrogen) atoms. The maximum Gasteiger partial charge on any atom is 0.254 e. The highest BCUT2D eigenvalue weighted by Crippen LogP contribution is 2.24. The number of nitrogens with zero attached hydrogens (tertiary/aromatic N) is 1. The van der Waals surface area contributed by atoms with E-state index in [-0.39, 0.29) is 11.9 Å². The monoisotopic (exact) mass is 262 g/mol. The van der Waals surface area contributed by atoms with Crippen molar-refractivity contribution in [1.82, 2.24) is 4.90 Å². The maximum atomic E-state index is 12.5. The number of hydrogen-bond donors (Lipinski definition) is 1. The van der Waals surface area contributed by atoms with Gasteiger partial charge in [-0.15, -0.1) is 0 Å². The number of hydrogen-bond acceptors (Lipinski definition) is 3. The first-order chi connectivity index (χ1) is 9.17. The summed E-state index contributed by atoms with van der Waals surface area (Å²) in [5.74, 6) is 0.0727. The van der Waals surface area contributed by atoms with Crippen molar-refractivity contribution in [1.29, 1.82) is 0 Å². The van der Waals surface area contributed by atoms with E-state index < -0.39 is 0 Å². The number of carbonyl (C=O) groups excluding carboxylic acids is 1. The van der Waals surface area contributed by atoms with E-state index in [1.165, 1.54) is 5.56 Å². The average Bonchev–Trinajstić information content (AvgIpc) is 2.86. The summed E-state index contributed by atoms with van der Waals surface area (Å²) in [6, 6.07) is 6.03. The van der Waals surface area contributed by atoms with Gasteiger partial charge in [-0.2, -0.15) is 0 Å². The van der Waals surface area contributed by atoms with E-state index >= 15 is 0 Å². The molecule has 1 aromatic rings. The number of nitrogens with one attached hydrogen (secondary N) is 1. The van der Waals surface area contributed by atoms with Crippen LogP contribution in [0.3, 0.4) is 0 Å². The quantitative estimate of drug-likeness (QED) is 0.884. The summed E-state index contributed by atoms with van der Waals surface area (Å²) in [6.45, 7) is 6.22. The van der Waals surface area contributed by atoms with Crippen LogP contribution in [0, 0.1) is 0 Å². The predicted octanol–water partition coefficient (Wildman–Crippen LogP) is 2.15. The number of carbonyl (C=O) groups is 1. The highest BCUT2D eigenvalue weighted by atomic mass is 16.5. The van der Waals surface area contributed by atoms with Crippen molar-refractivity contribution in [3.05, 3.63) is 29.3 Å². The zero-order valence-corrected chi connectivity index (χ0v) is 11.9. The molecule has 0 radical (unpaired) electrons. The molecule has 1 aliphatic rings. The van der Waals surface area contributed by atoms with Crippen LogP contribution >= 0.6 is 0 Å². The highest BCUT2D eigenvalue weighted by Gasteiger charge is 2.21. The molecule has 4 nitrogen and oxygen atoms in total. The fourth-order valence-corrected chi connectivity index (χ4v) is 2.58. The van der Waals surface area contributed by atoms with Crippen molar-refractivity contribution in [2.45, 2.75) is 26.3 Å². The van der Waals surface area contributed by atoms with Gasteiger partial charge in [-0.05, 0) is 38.0 Å². The third-order valence-corrected chi connectivity index (χ3v) is 3.61. The Kier molecular flexibility index (Phi) is 4.43. The first kappa shape index (κ1) is 13.9. The van der Waals surface area contributed by atoms with Crippen molar-refractivity contribution < 1.29 is 9.53 Å². The smallest absolute Gasteiger partial charge is 0.254 e. The molecule has 1 heterocycles. The van der Waals surface area contributed by atoms with Gasteiger partial charge in [-0.25, -0.2) is 0 Å². The Bertz CT molecular complexity index is 459. The van der Waals surface area contributed by atoms with Gasteiger partial charge in [0.05, 0.1) is 12.6 Å². The van der Waals surface area contributed by atoms with Gasteiger partial charge >= 0.3 is 0 Å². The zero-order valence-electron chi connectivity index (χ0n) is 11.9. The summed E-state index contributed by atoms with van der Waals surface area (Å²) in [5, 5.41) is 3.31. The van der Waals surface area contributed by atoms with Crippen LogP contribution in [0.15, 0.2) is 18.2 Å². The van der Waals surface area contributed by atoms with E-state index in [2.05, 4.69) is 11.4 Å². The number of anilines is 1. The summed E-state index contributed by atoms with van der Waals surface area (Å²) in [7, 11) is 1.66. The van der Waals surface area contributed by atoms with Gasteiger partial charge in [-0.1, -0.05) is 6.07 Å². The molecule has 1 N–H and O–H groups in total. The van der Waals surface area contributed by atoms with Gasteiger partial charge in [0.25, 0.3) is 5.91 Å². The Balaban J connectivity index is 2.17. The fraction of sp³-hybridized carbons (Fsp3) is 0.533. The molecule has 0 saturated heterocycles. The van der Waals surface area contributed by atoms with E-state index in [4.69, 9.17) is 4.74 Å². The summed E-state index contributed by atoms with van der Waals surface area (Å²) >= 11 is 0. The molecular weight excluding hydrogens is 240 g/mol. The van der Waals surface area contributed by atoms with Crippen LogP contribution in [0.4, 0.5) is 5.69 Å². The van der Waals surface area contributed by atoms with Crippen LogP contribution in [-0.2, 0) is 11.2 Å². The first-order valence-corrected chi connectivity index (χ1v) is 6.84. The molecule has 1 amide bonds. The second-order valence-corrected chi connectivity index (χ2v) is 4.94. The largest absolute Gasteiger partial charge is 0.384 e. The Hall–Kier alpha value is -1.55. The van der Waals surface area contributed by atoms with Gasteiger partial charge in [0, 0.05) is 31.5 Å². The number of benzene rings is 1. The van der Waals surface area contributed by atoms with Gasteiger partial charge in [-0.3, -0.25) is 4.79 Å². The number of methoxy groups -OCH3 is 1. The zero-order chi connectivity index (χ0) is 13.8. The lowest BCUT2D eigenvalue weighted by Gasteiger charge is -2.27. The number of ether oxygens (including phenoxy) is 1. The number of amides is 1. The predicted molar refractivity (Wildman–Crippen MR) is 76.7 cm³/mol. The fourth-order valence-electron chi connectivity index (χ4n) is 2.58. The van der Waals surface area contributed by atoms with E-state index in [1.807, 2.05) is 30.9 Å². The molecule has 1 unspecified atom stereocenters. The van der Waals surface area contributed by atoms with Gasteiger partial charge in [0.2, 0.25) is 0 Å². The Morgan fingerprint density at radius 2 is 2.32 bits per heavy atom. The normalized spacial score (nSPS) is 14.7. The summed E-state index contributed by atoms with van der Waals surface area (Å²) in [6.07, 6.45) is 1.04. The molecule has 4 heteroatoms. The lowest BCUT2D eigenvalue weighted by molar-refractivity contribution is 0.0579. The molecular formula is C15H22N2O2. The van der Waals surface area contributed by atoms with Crippen LogP contribution in [-0.4, -0.2) is 43.7 Å². The summed E-state index contributed by atoms with van der Waals surface area (Å²) in [4.78, 5) is 14.4. The van der Waals surface area contributed by atoms with Crippen molar-refractivity contribution in [2.24, 2.45) is 0 Å². The number of likely N-dealkylation sites (N-methyl/N-ethyl adjacent to an activating group) is 1. The second kappa shape index (κ2) is 6.06. The van der Waals surface area contributed by atoms with Crippen molar-refractivity contribution >= 4 is 11.6 Å². The molecule has 1 aromatic carbocycles. The minimum absolute atomic E-state index is 0.0727. The number of rotatable bonds is 5. The average molecular weight is 262 g/mol. The van der Waals surface area contributed by atoms with Crippen LogP contribution in [0.2, 0.25) is 0 Å². The van der Waals surface area contributed by atoms with Crippen LogP contribution in [0.25, 0.3) is 0 Å². The van der Waals surface area contributed by atoms with Gasteiger partial charge < -0.3 is 15.0 Å². The molecule has 0 bridgehead atoms. The summed E-state index contributed by atoms with van der Waals surface area (Å²) in [5.41, 5.74) is 3.14. The molecule has 0 fully saturated rings. The van der Waals surface area contributed by atoms with Gasteiger partial charge in [0.1, 0.15) is 0 Å². The standard InChI is InChI=1S/C15H22N2O2/c1-4-17(11(2)10-19-3)15(18)13-6-5-12-7-8-16-14(12)9-13/h5-6,9,11,16H,4,7-8,10H2,1-3H3. The van der Waals surface area contributed by atoms with Gasteiger partial charge in [0.15, 0.2) is 0 Å². The third kappa shape index (κ3) is 2.89. The third-order valence-electron chi connectivity index (χ3n) is 3.61. The molecule has 1 aliphatic heterocycles. The Labute approximate surface area is 114 Å². The minimum atomic E-state index is 0.0727. The molecule has 0 spiro atoms. The topological polar surface area (TPSA) is 41.6 Å². The number of fused-ring (bicyclic) bond motifs is 1. The molecule has 0 saturated carbocycles. The maximum absolute atomic E-state index is 12.5. The molecule has 0 aromatic heterocycles. The summed E-state index contributed by atoms with van der Waals surface area (Å²) < 4.78 is 5.14. The van der Waals surface area contributed by atoms with Crippen LogP contribution in [0.1, 0.15) is 29.8 Å². The van der Waals surface area contributed by atoms with E-state index in [1.54, 1.807) is 7.11 Å². The van der Waals surface area contributed by atoms with Crippen molar-refractivity contribution in [2.75, 3.05) is 32.1 Å². The SMILES string of the molecule is CCN(C(=O)c1ccc2c(c1)NCC2)C(C)COC. The van der Waals surface area contributed by atoms with E-state index in [9.17, 15) is 4.79 Å². The lowest BCUT2D eigenvalue weighted by Crippen LogP contribution is -2.40. The van der Waals surface area contributed by atoms with E-state index in [0.29, 0.717) is 13.2 Å². The first-order valence-electron chi connectivity index (χ1n) is 6.84. The van der Waals surface area contributed by atoms with Crippen molar-refractivity contribution in [3.63, 3.8) is 0 Å². The van der Waals surface area contributed by atoms with Crippen LogP contribution < -0.4 is 5.32 Å². The Morgan fingerprint density at radius 1 is 1.53 bits per heavy atom. The van der Waals surface area contributed by atoms with Crippen molar-refractivity contribution in [3.8, 4) is 0 Å². The van der Waals surface area contributed by atoms with E-state index in [0.717, 1.165) is 24.2 Å². The Morgan fingerprint density at radius 3 is 3.00 bits per heavy atom. The molecule has 2 rings (SSSR count). The molecule has 0 aliphatic carbocycles. The highest BCUT2D eigenvalue weighted by molar-refractivity contribution is 5.95. The lowest BCUT2D eigenvalue weighted by atomic mass is 10.1. The van der Waals surface area contributed by atoms with Crippen LogP contribution in [0.5, 0.6) is 0 Å². The minimum Gasteiger partial charge on any atom is -0.384 e. The molecule has 1 atom stereocenters. The second-order valence-electron chi connectivity index (χ2n) is 4.94.